The van der Waals surface area contributed by atoms with Crippen LogP contribution in [0.5, 0.6) is 0 Å². The first-order valence-electron chi connectivity index (χ1n) is 7.60. The van der Waals surface area contributed by atoms with Crippen molar-refractivity contribution in [1.29, 1.82) is 15.8 Å². The quantitative estimate of drug-likeness (QED) is 0.381. The van der Waals surface area contributed by atoms with E-state index in [0.717, 1.165) is 22.4 Å². The Bertz CT molecular complexity index is 631. The predicted octanol–water partition coefficient (Wildman–Crippen LogP) is 1.37. The third kappa shape index (κ3) is 7.95. The van der Waals surface area contributed by atoms with Crippen molar-refractivity contribution in [1.82, 2.24) is 4.90 Å². The number of hydrogen-bond donors (Lipinski definition) is 0. The molecule has 138 valence electrons. The molecule has 0 heterocycles. The average Bonchev–Trinajstić information content (AvgIpc) is 2.62. The number of hydrogen-bond acceptors (Lipinski definition) is 4. The van der Waals surface area contributed by atoms with E-state index < -0.39 is 0 Å². The molecule has 1 aromatic carbocycles. The second-order valence-electron chi connectivity index (χ2n) is 5.52. The summed E-state index contributed by atoms with van der Waals surface area (Å²) in [7, 11) is 3.38. The molecule has 8 heteroatoms. The molecule has 0 atom stereocenters. The number of carbonyl (C=O) groups is 1. The summed E-state index contributed by atoms with van der Waals surface area (Å²) in [6.07, 6.45) is 0.750. The maximum absolute atomic E-state index is 9.43. The van der Waals surface area contributed by atoms with E-state index in [4.69, 9.17) is 15.8 Å². The van der Waals surface area contributed by atoms with Crippen LogP contribution in [0.15, 0.2) is 0 Å². The van der Waals surface area contributed by atoms with E-state index in [1.807, 2.05) is 0 Å². The van der Waals surface area contributed by atoms with Gasteiger partial charge in [0.15, 0.2) is 0 Å². The van der Waals surface area contributed by atoms with Gasteiger partial charge in [0.2, 0.25) is 6.41 Å². The van der Waals surface area contributed by atoms with E-state index in [1.165, 1.54) is 38.3 Å². The number of nitrogens with zero attached hydrogens (tertiary/aromatic N) is 4. The molecule has 0 aliphatic heterocycles. The normalized spacial score (nSPS) is 9.15. The summed E-state index contributed by atoms with van der Waals surface area (Å²) in [5.74, 6) is 0. The van der Waals surface area contributed by atoms with Crippen molar-refractivity contribution in [2.45, 2.75) is 36.7 Å². The molecule has 0 spiro atoms. The summed E-state index contributed by atoms with van der Waals surface area (Å²) >= 11 is -0.125. The summed E-state index contributed by atoms with van der Waals surface area (Å²) in [6, 6.07) is 0. The van der Waals surface area contributed by atoms with Gasteiger partial charge in [0, 0.05) is 14.1 Å². The van der Waals surface area contributed by atoms with E-state index in [9.17, 15) is 4.79 Å². The Morgan fingerprint density at radius 3 is 1.15 bits per heavy atom. The van der Waals surface area contributed by atoms with Crippen molar-refractivity contribution >= 4 is 51.3 Å². The molecule has 1 aromatic rings. The number of rotatable bonds is 7. The van der Waals surface area contributed by atoms with Crippen molar-refractivity contribution in [3.05, 3.63) is 33.4 Å². The van der Waals surface area contributed by atoms with E-state index in [2.05, 4.69) is 35.7 Å². The molecule has 0 unspecified atom stereocenters. The third-order valence-electron chi connectivity index (χ3n) is 3.77. The van der Waals surface area contributed by atoms with Gasteiger partial charge in [-0.1, -0.05) is 0 Å². The Kier molecular flexibility index (Phi) is 13.2. The minimum atomic E-state index is -0.0416. The zero-order valence-corrected chi connectivity index (χ0v) is 20.8. The van der Waals surface area contributed by atoms with Crippen LogP contribution in [0.4, 0.5) is 0 Å². The van der Waals surface area contributed by atoms with Crippen molar-refractivity contribution in [3.63, 3.8) is 0 Å². The molecule has 5 nitrogen and oxygen atoms in total. The van der Waals surface area contributed by atoms with E-state index in [0.29, 0.717) is 0 Å². The van der Waals surface area contributed by atoms with Crippen LogP contribution in [0.25, 0.3) is 0 Å². The first kappa shape index (κ1) is 24.7. The molecule has 1 amide bonds. The molecule has 26 heavy (non-hydrogen) atoms. The van der Waals surface area contributed by atoms with E-state index >= 15 is 0 Å². The van der Waals surface area contributed by atoms with Gasteiger partial charge >= 0.3 is 146 Å². The van der Waals surface area contributed by atoms with E-state index in [-0.39, 0.29) is 44.9 Å². The fourth-order valence-electron chi connectivity index (χ4n) is 2.35. The standard InChI is InChI=1S/C15H15N3Se3.C3H7NO/c1-10-13(4-19-7-16)11(2)15(6-21-9-18)12(3)14(10)5-20-8-17;1-4(2)3-5/h4-6H2,1-3H3;3H,1-2H3. The van der Waals surface area contributed by atoms with Crippen LogP contribution in [0.2, 0.25) is 0 Å². The first-order valence-corrected chi connectivity index (χ1v) is 13.8. The molecule has 0 aromatic heterocycles. The summed E-state index contributed by atoms with van der Waals surface area (Å²) < 4.78 is 0. The molecule has 0 N–H and O–H groups in total. The Morgan fingerprint density at radius 2 is 1.00 bits per heavy atom. The fourth-order valence-corrected chi connectivity index (χ4v) is 6.39. The van der Waals surface area contributed by atoms with Gasteiger partial charge in [0.05, 0.1) is 0 Å². The van der Waals surface area contributed by atoms with Crippen molar-refractivity contribution in [2.24, 2.45) is 0 Å². The zero-order valence-electron chi connectivity index (χ0n) is 15.6. The van der Waals surface area contributed by atoms with Gasteiger partial charge in [0.25, 0.3) is 0 Å². The van der Waals surface area contributed by atoms with Crippen LogP contribution in [-0.2, 0) is 20.8 Å². The molecular formula is C18H22N4OSe3. The topological polar surface area (TPSA) is 91.7 Å². The van der Waals surface area contributed by atoms with Gasteiger partial charge < -0.3 is 4.90 Å². The predicted molar refractivity (Wildman–Crippen MR) is 106 cm³/mol. The van der Waals surface area contributed by atoms with E-state index in [1.54, 1.807) is 14.1 Å². The summed E-state index contributed by atoms with van der Waals surface area (Å²) in [6.45, 7) is 6.35. The van der Waals surface area contributed by atoms with Crippen LogP contribution in [0.1, 0.15) is 33.4 Å². The summed E-state index contributed by atoms with van der Waals surface area (Å²) in [5.41, 5.74) is 7.59. The van der Waals surface area contributed by atoms with Crippen molar-refractivity contribution in [2.75, 3.05) is 14.1 Å². The van der Waals surface area contributed by atoms with Crippen LogP contribution >= 0.6 is 0 Å². The van der Waals surface area contributed by atoms with Gasteiger partial charge in [-0.25, -0.2) is 0 Å². The van der Waals surface area contributed by atoms with Crippen LogP contribution < -0.4 is 0 Å². The molecule has 0 radical (unpaired) electrons. The molecule has 0 fully saturated rings. The Hall–Kier alpha value is -1.28. The average molecular weight is 547 g/mol. The molecule has 0 aliphatic carbocycles. The van der Waals surface area contributed by atoms with Gasteiger partial charge in [0.1, 0.15) is 0 Å². The Balaban J connectivity index is 0.00000110. The third-order valence-corrected chi connectivity index (χ3v) is 7.31. The number of amides is 1. The minimum absolute atomic E-state index is 0.0416. The molecule has 0 saturated heterocycles. The van der Waals surface area contributed by atoms with Gasteiger partial charge in [-0.15, -0.1) is 0 Å². The van der Waals surface area contributed by atoms with Gasteiger partial charge in [-0.2, -0.15) is 0 Å². The van der Waals surface area contributed by atoms with Crippen molar-refractivity contribution in [3.8, 4) is 14.9 Å². The Morgan fingerprint density at radius 1 is 0.769 bits per heavy atom. The molecular weight excluding hydrogens is 525 g/mol. The number of nitriles is 3. The zero-order chi connectivity index (χ0) is 20.1. The summed E-state index contributed by atoms with van der Waals surface area (Å²) in [4.78, 5) is 17.7. The van der Waals surface area contributed by atoms with Gasteiger partial charge in [-0.05, 0) is 0 Å². The van der Waals surface area contributed by atoms with Gasteiger partial charge in [-0.3, -0.25) is 4.79 Å². The SMILES string of the molecule is CN(C)C=O.Cc1c(C[Se]C#N)c(C)c(C[Se]C#N)c(C)c1C[Se]C#N. The second-order valence-corrected chi connectivity index (χ2v) is 10.3. The molecule has 1 rings (SSSR count). The monoisotopic (exact) mass is 550 g/mol. The Labute approximate surface area is 175 Å². The molecule has 0 saturated carbocycles. The number of carbonyl (C=O) groups excluding carboxylic acids is 1. The molecule has 0 aliphatic rings. The number of benzene rings is 1. The van der Waals surface area contributed by atoms with Crippen LogP contribution in [-0.4, -0.2) is 70.3 Å². The second kappa shape index (κ2) is 13.9. The van der Waals surface area contributed by atoms with Crippen molar-refractivity contribution < 1.29 is 4.79 Å². The maximum atomic E-state index is 9.43. The summed E-state index contributed by atoms with van der Waals surface area (Å²) in [5, 5.41) is 29.1. The first-order chi connectivity index (χ1) is 12.3. The molecule has 0 bridgehead atoms. The van der Waals surface area contributed by atoms with Crippen LogP contribution in [0.3, 0.4) is 0 Å². The fraction of sp³-hybridized carbons (Fsp3) is 0.444. The van der Waals surface area contributed by atoms with Crippen LogP contribution in [0, 0.1) is 51.5 Å².